The average molecular weight is 188 g/mol. The maximum Gasteiger partial charge on any atom is 0.146 e. The Labute approximate surface area is 79.3 Å². The van der Waals surface area contributed by atoms with Gasteiger partial charge in [0.15, 0.2) is 0 Å². The Balaban J connectivity index is 4.34. The highest BCUT2D eigenvalue weighted by molar-refractivity contribution is 5.62. The van der Waals surface area contributed by atoms with Crippen LogP contribution in [0, 0.1) is 0 Å². The number of aliphatic hydroxyl groups excluding tert-OH is 1. The highest BCUT2D eigenvalue weighted by Gasteiger charge is 2.14. The Kier molecular flexibility index (Phi) is 3.72. The summed E-state index contributed by atoms with van der Waals surface area (Å²) in [5.74, 6) is 0. The standard InChI is InChI=1S/C9H19NO3/c1-8(2,3)13-7(12)10-9(4,5)6-11/h11H,6H2,1-5H3,(H,10,12)/p-1. The maximum absolute atomic E-state index is 11.1. The molecular weight excluding hydrogens is 170 g/mol. The lowest BCUT2D eigenvalue weighted by molar-refractivity contribution is -0.261. The summed E-state index contributed by atoms with van der Waals surface area (Å²) in [6.45, 7) is 8.46. The smallest absolute Gasteiger partial charge is 0.146 e. The zero-order chi connectivity index (χ0) is 10.7. The second kappa shape index (κ2) is 3.96. The SMILES string of the molecule is CC(C)(CO)N=C([O-])OC(C)(C)C. The highest BCUT2D eigenvalue weighted by atomic mass is 16.6. The van der Waals surface area contributed by atoms with Gasteiger partial charge in [-0.25, -0.2) is 0 Å². The van der Waals surface area contributed by atoms with Crippen molar-refractivity contribution < 1.29 is 14.9 Å². The van der Waals surface area contributed by atoms with Gasteiger partial charge in [-0.1, -0.05) is 20.8 Å². The van der Waals surface area contributed by atoms with Gasteiger partial charge in [0.2, 0.25) is 0 Å². The second-order valence-corrected chi connectivity index (χ2v) is 4.56. The normalized spacial score (nSPS) is 14.5. The molecule has 0 aromatic heterocycles. The van der Waals surface area contributed by atoms with Crippen LogP contribution in [0.15, 0.2) is 4.99 Å². The zero-order valence-corrected chi connectivity index (χ0v) is 8.92. The molecule has 0 unspecified atom stereocenters. The van der Waals surface area contributed by atoms with E-state index in [9.17, 15) is 5.11 Å². The van der Waals surface area contributed by atoms with E-state index in [1.165, 1.54) is 0 Å². The third-order valence-corrected chi connectivity index (χ3v) is 1.17. The number of hydrogen-bond acceptors (Lipinski definition) is 4. The van der Waals surface area contributed by atoms with E-state index in [4.69, 9.17) is 9.84 Å². The highest BCUT2D eigenvalue weighted by Crippen LogP contribution is 2.10. The first kappa shape index (κ1) is 12.2. The Bertz CT molecular complexity index is 192. The van der Waals surface area contributed by atoms with Crippen molar-refractivity contribution in [3.63, 3.8) is 0 Å². The molecule has 1 N–H and O–H groups in total. The molecule has 0 aromatic rings. The predicted molar refractivity (Wildman–Crippen MR) is 49.4 cm³/mol. The summed E-state index contributed by atoms with van der Waals surface area (Å²) < 4.78 is 4.96. The average Bonchev–Trinajstić information content (AvgIpc) is 1.81. The van der Waals surface area contributed by atoms with Gasteiger partial charge in [-0.2, -0.15) is 0 Å². The number of hydrogen-bond donors (Lipinski definition) is 1. The third kappa shape index (κ3) is 6.40. The molecule has 0 spiro atoms. The molecule has 0 fully saturated rings. The Hall–Kier alpha value is -0.770. The molecule has 0 amide bonds. The molecular formula is C9H18NO3-. The number of ether oxygens (including phenoxy) is 1. The molecule has 0 aliphatic rings. The van der Waals surface area contributed by atoms with Gasteiger partial charge >= 0.3 is 0 Å². The fourth-order valence-electron chi connectivity index (χ4n) is 0.567. The molecule has 0 aromatic carbocycles. The molecule has 0 saturated carbocycles. The molecule has 0 aliphatic heterocycles. The summed E-state index contributed by atoms with van der Waals surface area (Å²) in [6.07, 6.45) is -0.633. The van der Waals surface area contributed by atoms with Crippen molar-refractivity contribution in [2.45, 2.75) is 45.8 Å². The minimum Gasteiger partial charge on any atom is -0.595 e. The van der Waals surface area contributed by atoms with Crippen LogP contribution in [0.1, 0.15) is 34.6 Å². The van der Waals surface area contributed by atoms with E-state index in [0.717, 1.165) is 0 Å². The fourth-order valence-corrected chi connectivity index (χ4v) is 0.567. The van der Waals surface area contributed by atoms with E-state index in [2.05, 4.69) is 4.99 Å². The monoisotopic (exact) mass is 188 g/mol. The van der Waals surface area contributed by atoms with Gasteiger partial charge in [0.1, 0.15) is 6.08 Å². The molecule has 0 heterocycles. The molecule has 0 saturated heterocycles. The van der Waals surface area contributed by atoms with Crippen LogP contribution in [0.3, 0.4) is 0 Å². The van der Waals surface area contributed by atoms with Crippen LogP contribution in [-0.4, -0.2) is 28.9 Å². The fraction of sp³-hybridized carbons (Fsp3) is 0.889. The molecule has 0 aliphatic carbocycles. The first-order valence-corrected chi connectivity index (χ1v) is 4.23. The predicted octanol–water partition coefficient (Wildman–Crippen LogP) is 0.289. The van der Waals surface area contributed by atoms with Crippen molar-refractivity contribution in [2.75, 3.05) is 6.61 Å². The van der Waals surface area contributed by atoms with Crippen LogP contribution in [0.5, 0.6) is 0 Å². The van der Waals surface area contributed by atoms with Crippen molar-refractivity contribution in [2.24, 2.45) is 4.99 Å². The second-order valence-electron chi connectivity index (χ2n) is 4.56. The van der Waals surface area contributed by atoms with Crippen molar-refractivity contribution in [1.29, 1.82) is 0 Å². The van der Waals surface area contributed by atoms with Gasteiger partial charge in [-0.15, -0.1) is 0 Å². The van der Waals surface area contributed by atoms with Crippen molar-refractivity contribution >= 4 is 6.08 Å². The molecule has 4 nitrogen and oxygen atoms in total. The largest absolute Gasteiger partial charge is 0.595 e. The lowest BCUT2D eigenvalue weighted by atomic mass is 10.1. The molecule has 13 heavy (non-hydrogen) atoms. The van der Waals surface area contributed by atoms with Gasteiger partial charge in [-0.3, -0.25) is 4.99 Å². The lowest BCUT2D eigenvalue weighted by Crippen LogP contribution is -2.35. The van der Waals surface area contributed by atoms with Crippen LogP contribution in [0.4, 0.5) is 0 Å². The molecule has 78 valence electrons. The summed E-state index contributed by atoms with van der Waals surface area (Å²) in [4.78, 5) is 3.70. The van der Waals surface area contributed by atoms with E-state index < -0.39 is 17.2 Å². The zero-order valence-electron chi connectivity index (χ0n) is 8.92. The van der Waals surface area contributed by atoms with Crippen LogP contribution >= 0.6 is 0 Å². The van der Waals surface area contributed by atoms with Gasteiger partial charge in [0.25, 0.3) is 0 Å². The quantitative estimate of drug-likeness (QED) is 0.500. The topological polar surface area (TPSA) is 64.9 Å². The van der Waals surface area contributed by atoms with E-state index in [-0.39, 0.29) is 6.61 Å². The van der Waals surface area contributed by atoms with Crippen LogP contribution in [0.25, 0.3) is 0 Å². The van der Waals surface area contributed by atoms with Crippen LogP contribution in [0.2, 0.25) is 0 Å². The third-order valence-electron chi connectivity index (χ3n) is 1.17. The molecule has 0 atom stereocenters. The van der Waals surface area contributed by atoms with Gasteiger partial charge in [0.05, 0.1) is 12.1 Å². The Morgan fingerprint density at radius 2 is 1.77 bits per heavy atom. The summed E-state index contributed by atoms with van der Waals surface area (Å²) in [6, 6.07) is 0. The van der Waals surface area contributed by atoms with Gasteiger partial charge in [-0.05, 0) is 13.8 Å². The molecule has 0 radical (unpaired) electrons. The van der Waals surface area contributed by atoms with E-state index in [1.54, 1.807) is 34.6 Å². The minimum atomic E-state index is -0.762. The maximum atomic E-state index is 11.1. The van der Waals surface area contributed by atoms with Crippen molar-refractivity contribution in [3.8, 4) is 0 Å². The number of rotatable bonds is 2. The Morgan fingerprint density at radius 1 is 1.31 bits per heavy atom. The van der Waals surface area contributed by atoms with Crippen molar-refractivity contribution in [1.82, 2.24) is 0 Å². The summed E-state index contributed by atoms with van der Waals surface area (Å²) >= 11 is 0. The number of aliphatic imine (C=N–C) groups is 1. The number of nitrogens with zero attached hydrogens (tertiary/aromatic N) is 1. The molecule has 0 bridgehead atoms. The van der Waals surface area contributed by atoms with E-state index in [1.807, 2.05) is 0 Å². The van der Waals surface area contributed by atoms with Crippen molar-refractivity contribution in [3.05, 3.63) is 0 Å². The summed E-state index contributed by atoms with van der Waals surface area (Å²) in [7, 11) is 0. The first-order valence-electron chi connectivity index (χ1n) is 4.23. The van der Waals surface area contributed by atoms with E-state index in [0.29, 0.717) is 0 Å². The summed E-state index contributed by atoms with van der Waals surface area (Å²) in [5.41, 5.74) is -1.30. The van der Waals surface area contributed by atoms with E-state index >= 15 is 0 Å². The van der Waals surface area contributed by atoms with Gasteiger partial charge in [0, 0.05) is 5.60 Å². The molecule has 4 heteroatoms. The van der Waals surface area contributed by atoms with Crippen LogP contribution < -0.4 is 5.11 Å². The number of aliphatic hydroxyl groups is 1. The molecule has 0 rings (SSSR count). The minimum absolute atomic E-state index is 0.174. The first-order chi connectivity index (χ1) is 5.66. The Morgan fingerprint density at radius 3 is 2.08 bits per heavy atom. The summed E-state index contributed by atoms with van der Waals surface area (Å²) in [5, 5.41) is 20.0. The lowest BCUT2D eigenvalue weighted by Gasteiger charge is -2.31. The van der Waals surface area contributed by atoms with Gasteiger partial charge < -0.3 is 14.9 Å². The van der Waals surface area contributed by atoms with Crippen LogP contribution in [-0.2, 0) is 4.74 Å².